The highest BCUT2D eigenvalue weighted by Gasteiger charge is 2.15. The van der Waals surface area contributed by atoms with Gasteiger partial charge in [0, 0.05) is 12.2 Å². The average Bonchev–Trinajstić information content (AvgIpc) is 2.38. The second kappa shape index (κ2) is 7.54. The van der Waals surface area contributed by atoms with E-state index in [1.54, 1.807) is 12.1 Å². The van der Waals surface area contributed by atoms with Crippen LogP contribution in [0.5, 0.6) is 0 Å². The van der Waals surface area contributed by atoms with Crippen molar-refractivity contribution in [1.82, 2.24) is 5.32 Å². The summed E-state index contributed by atoms with van der Waals surface area (Å²) in [5.41, 5.74) is 6.89. The number of thioether (sulfide) groups is 1. The van der Waals surface area contributed by atoms with Crippen molar-refractivity contribution in [2.45, 2.75) is 12.8 Å². The number of rotatable bonds is 3. The molecule has 0 atom stereocenters. The van der Waals surface area contributed by atoms with Gasteiger partial charge in [0.25, 0.3) is 5.91 Å². The van der Waals surface area contributed by atoms with Crippen LogP contribution in [0.3, 0.4) is 0 Å². The number of anilines is 1. The van der Waals surface area contributed by atoms with E-state index in [4.69, 9.17) is 5.73 Å². The Morgan fingerprint density at radius 1 is 1.33 bits per heavy atom. The summed E-state index contributed by atoms with van der Waals surface area (Å²) in [6.45, 7) is 0.772. The van der Waals surface area contributed by atoms with Crippen molar-refractivity contribution in [3.8, 4) is 0 Å². The summed E-state index contributed by atoms with van der Waals surface area (Å²) >= 11 is 2.00. The first-order valence-corrected chi connectivity index (χ1v) is 7.13. The van der Waals surface area contributed by atoms with Gasteiger partial charge in [-0.1, -0.05) is 12.1 Å². The molecule has 18 heavy (non-hydrogen) atoms. The zero-order chi connectivity index (χ0) is 12.1. The zero-order valence-electron chi connectivity index (χ0n) is 10.2. The smallest absolute Gasteiger partial charge is 0.253 e. The van der Waals surface area contributed by atoms with Crippen LogP contribution in [0.25, 0.3) is 0 Å². The van der Waals surface area contributed by atoms with E-state index in [-0.39, 0.29) is 18.3 Å². The standard InChI is InChI=1S/C13H18N2OS.ClH/c14-12-4-2-1-3-11(12)13(16)15-9-10-5-7-17-8-6-10;/h1-4,10H,5-9,14H2,(H,15,16);1H. The lowest BCUT2D eigenvalue weighted by atomic mass is 10.0. The van der Waals surface area contributed by atoms with E-state index in [1.807, 2.05) is 23.9 Å². The fourth-order valence-electron chi connectivity index (χ4n) is 1.99. The molecule has 1 saturated heterocycles. The summed E-state index contributed by atoms with van der Waals surface area (Å²) in [6.07, 6.45) is 2.41. The molecule has 1 aromatic carbocycles. The average molecular weight is 287 g/mol. The second-order valence-electron chi connectivity index (χ2n) is 4.35. The summed E-state index contributed by atoms with van der Waals surface area (Å²) in [4.78, 5) is 11.9. The van der Waals surface area contributed by atoms with Gasteiger partial charge in [-0.15, -0.1) is 12.4 Å². The van der Waals surface area contributed by atoms with Crippen LogP contribution >= 0.6 is 24.2 Å². The first-order chi connectivity index (χ1) is 8.27. The third kappa shape index (κ3) is 4.10. The van der Waals surface area contributed by atoms with Crippen LogP contribution in [0.1, 0.15) is 23.2 Å². The number of benzene rings is 1. The van der Waals surface area contributed by atoms with Gasteiger partial charge in [0.15, 0.2) is 0 Å². The van der Waals surface area contributed by atoms with Crippen LogP contribution in [-0.2, 0) is 0 Å². The SMILES string of the molecule is Cl.Nc1ccccc1C(=O)NCC1CCSCC1. The number of hydrogen-bond acceptors (Lipinski definition) is 3. The molecule has 5 heteroatoms. The van der Waals surface area contributed by atoms with Crippen molar-refractivity contribution < 1.29 is 4.79 Å². The largest absolute Gasteiger partial charge is 0.398 e. The Morgan fingerprint density at radius 3 is 2.67 bits per heavy atom. The number of carbonyl (C=O) groups is 1. The molecule has 0 bridgehead atoms. The molecule has 0 spiro atoms. The molecule has 0 aromatic heterocycles. The van der Waals surface area contributed by atoms with Crippen molar-refractivity contribution in [2.75, 3.05) is 23.8 Å². The summed E-state index contributed by atoms with van der Waals surface area (Å²) in [5.74, 6) is 3.01. The molecular weight excluding hydrogens is 268 g/mol. The second-order valence-corrected chi connectivity index (χ2v) is 5.58. The van der Waals surface area contributed by atoms with Crippen molar-refractivity contribution in [2.24, 2.45) is 5.92 Å². The van der Waals surface area contributed by atoms with Gasteiger partial charge in [0.05, 0.1) is 5.56 Å². The molecule has 3 N–H and O–H groups in total. The quantitative estimate of drug-likeness (QED) is 0.840. The van der Waals surface area contributed by atoms with Crippen LogP contribution in [0, 0.1) is 5.92 Å². The lowest BCUT2D eigenvalue weighted by Gasteiger charge is -2.21. The maximum absolute atomic E-state index is 11.9. The van der Waals surface area contributed by atoms with Crippen LogP contribution in [0.2, 0.25) is 0 Å². The van der Waals surface area contributed by atoms with Gasteiger partial charge in [-0.25, -0.2) is 0 Å². The number of nitrogens with one attached hydrogen (secondary N) is 1. The maximum Gasteiger partial charge on any atom is 0.253 e. The number of nitrogens with two attached hydrogens (primary N) is 1. The molecule has 0 unspecified atom stereocenters. The van der Waals surface area contributed by atoms with Crippen molar-refractivity contribution in [3.05, 3.63) is 29.8 Å². The van der Waals surface area contributed by atoms with Gasteiger partial charge in [-0.2, -0.15) is 11.8 Å². The fraction of sp³-hybridized carbons (Fsp3) is 0.462. The van der Waals surface area contributed by atoms with Gasteiger partial charge >= 0.3 is 0 Å². The lowest BCUT2D eigenvalue weighted by molar-refractivity contribution is 0.0947. The van der Waals surface area contributed by atoms with Crippen LogP contribution in [0.4, 0.5) is 5.69 Å². The fourth-order valence-corrected chi connectivity index (χ4v) is 3.19. The number of halogens is 1. The van der Waals surface area contributed by atoms with E-state index in [0.29, 0.717) is 17.2 Å². The first-order valence-electron chi connectivity index (χ1n) is 5.98. The van der Waals surface area contributed by atoms with E-state index in [1.165, 1.54) is 24.3 Å². The van der Waals surface area contributed by atoms with E-state index >= 15 is 0 Å². The minimum absolute atomic E-state index is 0. The summed E-state index contributed by atoms with van der Waals surface area (Å²) in [6, 6.07) is 7.19. The van der Waals surface area contributed by atoms with E-state index in [2.05, 4.69) is 5.32 Å². The maximum atomic E-state index is 11.9. The van der Waals surface area contributed by atoms with Crippen molar-refractivity contribution in [1.29, 1.82) is 0 Å². The van der Waals surface area contributed by atoms with Gasteiger partial charge in [0.2, 0.25) is 0 Å². The Hall–Kier alpha value is -0.870. The van der Waals surface area contributed by atoms with E-state index in [9.17, 15) is 4.79 Å². The minimum atomic E-state index is -0.0543. The molecule has 3 nitrogen and oxygen atoms in total. The number of nitrogen functional groups attached to an aromatic ring is 1. The molecule has 1 aromatic rings. The molecule has 1 aliphatic heterocycles. The predicted molar refractivity (Wildman–Crippen MR) is 80.5 cm³/mol. The molecule has 1 fully saturated rings. The van der Waals surface area contributed by atoms with Crippen LogP contribution in [0.15, 0.2) is 24.3 Å². The van der Waals surface area contributed by atoms with Crippen LogP contribution in [-0.4, -0.2) is 24.0 Å². The topological polar surface area (TPSA) is 55.1 Å². The van der Waals surface area contributed by atoms with Gasteiger partial charge in [0.1, 0.15) is 0 Å². The van der Waals surface area contributed by atoms with Crippen molar-refractivity contribution in [3.63, 3.8) is 0 Å². The monoisotopic (exact) mass is 286 g/mol. The molecule has 0 saturated carbocycles. The molecular formula is C13H19ClN2OS. The lowest BCUT2D eigenvalue weighted by Crippen LogP contribution is -2.31. The Balaban J connectivity index is 0.00000162. The summed E-state index contributed by atoms with van der Waals surface area (Å²) in [5, 5.41) is 2.98. The molecule has 1 aliphatic rings. The molecule has 100 valence electrons. The molecule has 1 amide bonds. The van der Waals surface area contributed by atoms with Gasteiger partial charge in [-0.3, -0.25) is 4.79 Å². The minimum Gasteiger partial charge on any atom is -0.398 e. The van der Waals surface area contributed by atoms with Crippen LogP contribution < -0.4 is 11.1 Å². The third-order valence-corrected chi connectivity index (χ3v) is 4.15. The number of carbonyl (C=O) groups excluding carboxylic acids is 1. The Morgan fingerprint density at radius 2 is 2.00 bits per heavy atom. The molecule has 0 aliphatic carbocycles. The number of hydrogen-bond donors (Lipinski definition) is 2. The first kappa shape index (κ1) is 15.2. The highest BCUT2D eigenvalue weighted by Crippen LogP contribution is 2.22. The number of amides is 1. The predicted octanol–water partition coefficient (Wildman–Crippen LogP) is 2.56. The molecule has 1 heterocycles. The van der Waals surface area contributed by atoms with Gasteiger partial charge in [-0.05, 0) is 42.4 Å². The summed E-state index contributed by atoms with van der Waals surface area (Å²) < 4.78 is 0. The van der Waals surface area contributed by atoms with Gasteiger partial charge < -0.3 is 11.1 Å². The van der Waals surface area contributed by atoms with E-state index < -0.39 is 0 Å². The number of para-hydroxylation sites is 1. The third-order valence-electron chi connectivity index (χ3n) is 3.10. The summed E-state index contributed by atoms with van der Waals surface area (Å²) in [7, 11) is 0. The van der Waals surface area contributed by atoms with E-state index in [0.717, 1.165) is 6.54 Å². The Kier molecular flexibility index (Phi) is 6.36. The Bertz CT molecular complexity index is 394. The highest BCUT2D eigenvalue weighted by atomic mass is 35.5. The molecule has 0 radical (unpaired) electrons. The Labute approximate surface area is 118 Å². The van der Waals surface area contributed by atoms with Crippen molar-refractivity contribution >= 4 is 35.8 Å². The molecule has 2 rings (SSSR count). The highest BCUT2D eigenvalue weighted by molar-refractivity contribution is 7.99. The normalized spacial score (nSPS) is 15.8. The zero-order valence-corrected chi connectivity index (χ0v) is 11.9.